The van der Waals surface area contributed by atoms with Gasteiger partial charge in [0.05, 0.1) is 23.8 Å². The number of thioether (sulfide) groups is 1. The van der Waals surface area contributed by atoms with Gasteiger partial charge in [0.2, 0.25) is 5.91 Å². The molecule has 1 fully saturated rings. The van der Waals surface area contributed by atoms with Crippen LogP contribution in [-0.4, -0.2) is 40.5 Å². The van der Waals surface area contributed by atoms with E-state index >= 15 is 0 Å². The zero-order chi connectivity index (χ0) is 18.1. The third-order valence-corrected chi connectivity index (χ3v) is 7.07. The van der Waals surface area contributed by atoms with E-state index in [1.165, 1.54) is 22.2 Å². The molecule has 2 aromatic rings. The molecule has 0 unspecified atom stereocenters. The number of aryl methyl sites for hydroxylation is 2. The zero-order valence-corrected chi connectivity index (χ0v) is 16.5. The molecule has 4 rings (SSSR count). The second-order valence-electron chi connectivity index (χ2n) is 6.72. The van der Waals surface area contributed by atoms with Crippen LogP contribution in [0.5, 0.6) is 0 Å². The third kappa shape index (κ3) is 3.42. The predicted molar refractivity (Wildman–Crippen MR) is 104 cm³/mol. The van der Waals surface area contributed by atoms with E-state index in [4.69, 9.17) is 9.72 Å². The molecule has 0 spiro atoms. The van der Waals surface area contributed by atoms with Crippen LogP contribution in [0.1, 0.15) is 36.6 Å². The normalized spacial score (nSPS) is 19.2. The summed E-state index contributed by atoms with van der Waals surface area (Å²) in [6.45, 7) is 3.77. The topological polar surface area (TPSA) is 73.2 Å². The number of fused-ring (bicyclic) bond motifs is 3. The maximum Gasteiger partial charge on any atom is 0.263 e. The molecule has 1 saturated heterocycles. The monoisotopic (exact) mass is 393 g/mol. The highest BCUT2D eigenvalue weighted by atomic mass is 32.2. The number of nitrogens with zero attached hydrogens (tertiary/aromatic N) is 2. The molecular weight excluding hydrogens is 370 g/mol. The van der Waals surface area contributed by atoms with Gasteiger partial charge in [-0.2, -0.15) is 0 Å². The summed E-state index contributed by atoms with van der Waals surface area (Å²) in [5, 5.41) is 4.22. The Bertz CT molecular complexity index is 884. The molecule has 0 saturated carbocycles. The van der Waals surface area contributed by atoms with Crippen molar-refractivity contribution in [2.75, 3.05) is 18.9 Å². The fourth-order valence-corrected chi connectivity index (χ4v) is 5.84. The van der Waals surface area contributed by atoms with Crippen LogP contribution in [0.2, 0.25) is 0 Å². The first kappa shape index (κ1) is 18.0. The number of ether oxygens (including phenoxy) is 1. The van der Waals surface area contributed by atoms with Gasteiger partial charge in [0.15, 0.2) is 5.16 Å². The van der Waals surface area contributed by atoms with E-state index in [0.29, 0.717) is 18.2 Å². The average molecular weight is 394 g/mol. The van der Waals surface area contributed by atoms with Crippen LogP contribution >= 0.6 is 23.1 Å². The maximum atomic E-state index is 13.3. The van der Waals surface area contributed by atoms with Gasteiger partial charge in [-0.1, -0.05) is 11.8 Å². The molecule has 0 aromatic carbocycles. The summed E-state index contributed by atoms with van der Waals surface area (Å²) < 4.78 is 7.49. The minimum absolute atomic E-state index is 0.0308. The van der Waals surface area contributed by atoms with Crippen LogP contribution in [-0.2, 0) is 28.9 Å². The fraction of sp³-hybridized carbons (Fsp3) is 0.611. The number of nitrogens with one attached hydrogen (secondary N) is 1. The lowest BCUT2D eigenvalue weighted by molar-refractivity contribution is -0.118. The van der Waals surface area contributed by atoms with Crippen molar-refractivity contribution in [3.05, 3.63) is 20.8 Å². The molecule has 2 aliphatic rings. The molecule has 140 valence electrons. The quantitative estimate of drug-likeness (QED) is 0.602. The lowest BCUT2D eigenvalue weighted by Crippen LogP contribution is -2.30. The Hall–Kier alpha value is -1.38. The predicted octanol–water partition coefficient (Wildman–Crippen LogP) is 2.35. The van der Waals surface area contributed by atoms with Crippen molar-refractivity contribution in [3.8, 4) is 0 Å². The summed E-state index contributed by atoms with van der Waals surface area (Å²) in [4.78, 5) is 32.1. The Balaban J connectivity index is 1.72. The third-order valence-electron chi connectivity index (χ3n) is 4.91. The molecule has 1 aliphatic carbocycles. The van der Waals surface area contributed by atoms with E-state index in [-0.39, 0.29) is 23.3 Å². The van der Waals surface area contributed by atoms with Gasteiger partial charge in [-0.05, 0) is 44.6 Å². The Morgan fingerprint density at radius 1 is 1.42 bits per heavy atom. The van der Waals surface area contributed by atoms with Gasteiger partial charge < -0.3 is 10.1 Å². The highest BCUT2D eigenvalue weighted by Gasteiger charge is 2.25. The first-order valence-electron chi connectivity index (χ1n) is 9.23. The van der Waals surface area contributed by atoms with Gasteiger partial charge in [0, 0.05) is 18.0 Å². The van der Waals surface area contributed by atoms with Gasteiger partial charge in [0.25, 0.3) is 5.56 Å². The largest absolute Gasteiger partial charge is 0.376 e. The molecule has 8 heteroatoms. The molecule has 1 aliphatic heterocycles. The van der Waals surface area contributed by atoms with Crippen molar-refractivity contribution in [1.29, 1.82) is 0 Å². The second-order valence-corrected chi connectivity index (χ2v) is 8.75. The van der Waals surface area contributed by atoms with Crippen molar-refractivity contribution in [2.24, 2.45) is 0 Å². The number of carbonyl (C=O) groups excluding carboxylic acids is 1. The van der Waals surface area contributed by atoms with Crippen molar-refractivity contribution in [2.45, 2.75) is 56.8 Å². The Kier molecular flexibility index (Phi) is 5.33. The number of amides is 1. The molecule has 3 heterocycles. The van der Waals surface area contributed by atoms with E-state index in [0.717, 1.165) is 48.9 Å². The lowest BCUT2D eigenvalue weighted by atomic mass is 10.2. The van der Waals surface area contributed by atoms with Gasteiger partial charge >= 0.3 is 0 Å². The number of carbonyl (C=O) groups is 1. The van der Waals surface area contributed by atoms with Crippen molar-refractivity contribution in [1.82, 2.24) is 14.9 Å². The van der Waals surface area contributed by atoms with E-state index in [1.807, 2.05) is 6.92 Å². The number of thiophene rings is 1. The summed E-state index contributed by atoms with van der Waals surface area (Å²) in [7, 11) is 0. The summed E-state index contributed by atoms with van der Waals surface area (Å²) in [6, 6.07) is 0. The van der Waals surface area contributed by atoms with Crippen LogP contribution in [0.25, 0.3) is 10.2 Å². The van der Waals surface area contributed by atoms with Gasteiger partial charge in [-0.25, -0.2) is 4.98 Å². The van der Waals surface area contributed by atoms with Crippen LogP contribution in [0.3, 0.4) is 0 Å². The van der Waals surface area contributed by atoms with Crippen molar-refractivity contribution < 1.29 is 9.53 Å². The number of hydrogen-bond donors (Lipinski definition) is 1. The Morgan fingerprint density at radius 3 is 3.08 bits per heavy atom. The molecule has 2 aromatic heterocycles. The molecule has 1 atom stereocenters. The summed E-state index contributed by atoms with van der Waals surface area (Å²) in [6.07, 6.45) is 5.19. The maximum absolute atomic E-state index is 13.3. The summed E-state index contributed by atoms with van der Waals surface area (Å²) in [5.74, 6) is 0.228. The lowest BCUT2D eigenvalue weighted by Gasteiger charge is -2.16. The van der Waals surface area contributed by atoms with Crippen LogP contribution in [0, 0.1) is 0 Å². The minimum Gasteiger partial charge on any atom is -0.376 e. The molecule has 6 nitrogen and oxygen atoms in total. The van der Waals surface area contributed by atoms with Gasteiger partial charge in [-0.15, -0.1) is 11.3 Å². The average Bonchev–Trinajstić information content (AvgIpc) is 3.33. The molecule has 0 radical (unpaired) electrons. The first-order valence-corrected chi connectivity index (χ1v) is 11.0. The summed E-state index contributed by atoms with van der Waals surface area (Å²) in [5.41, 5.74) is 1.23. The molecule has 26 heavy (non-hydrogen) atoms. The fourth-order valence-electron chi connectivity index (χ4n) is 3.70. The smallest absolute Gasteiger partial charge is 0.263 e. The number of aromatic nitrogens is 2. The standard InChI is InChI=1S/C18H23N3O3S2/c1-2-19-14(22)10-25-18-20-16-15(12-6-3-7-13(12)26-16)17(23)21(18)9-11-5-4-8-24-11/h11H,2-10H2,1H3,(H,19,22)/t11-/m1/s1. The van der Waals surface area contributed by atoms with Gasteiger partial charge in [0.1, 0.15) is 4.83 Å². The molecule has 1 N–H and O–H groups in total. The van der Waals surface area contributed by atoms with E-state index in [2.05, 4.69) is 5.32 Å². The van der Waals surface area contributed by atoms with Crippen molar-refractivity contribution in [3.63, 3.8) is 0 Å². The zero-order valence-electron chi connectivity index (χ0n) is 14.9. The van der Waals surface area contributed by atoms with Gasteiger partial charge in [-0.3, -0.25) is 14.2 Å². The number of rotatable bonds is 6. The second kappa shape index (κ2) is 7.70. The first-order chi connectivity index (χ1) is 12.7. The highest BCUT2D eigenvalue weighted by molar-refractivity contribution is 7.99. The Labute approximate surface area is 160 Å². The molecule has 0 bridgehead atoms. The molecule has 1 amide bonds. The number of hydrogen-bond acceptors (Lipinski definition) is 6. The minimum atomic E-state index is -0.0378. The summed E-state index contributed by atoms with van der Waals surface area (Å²) >= 11 is 2.98. The van der Waals surface area contributed by atoms with Crippen molar-refractivity contribution >= 4 is 39.2 Å². The van der Waals surface area contributed by atoms with Crippen LogP contribution in [0.4, 0.5) is 0 Å². The van der Waals surface area contributed by atoms with Crippen LogP contribution in [0.15, 0.2) is 9.95 Å². The van der Waals surface area contributed by atoms with E-state index < -0.39 is 0 Å². The Morgan fingerprint density at radius 2 is 2.31 bits per heavy atom. The van der Waals surface area contributed by atoms with E-state index in [9.17, 15) is 9.59 Å². The highest BCUT2D eigenvalue weighted by Crippen LogP contribution is 2.35. The molecular formula is C18H23N3O3S2. The SMILES string of the molecule is CCNC(=O)CSc1nc2sc3c(c2c(=O)n1C[C@H]1CCCO1)CCC3. The van der Waals surface area contributed by atoms with E-state index in [1.54, 1.807) is 15.9 Å². The van der Waals surface area contributed by atoms with Crippen LogP contribution < -0.4 is 10.9 Å².